The number of hydrogen-bond donors (Lipinski definition) is 4. The monoisotopic (exact) mass is 508 g/mol. The zero-order valence-electron chi connectivity index (χ0n) is 16.6. The number of nitrogens with one attached hydrogen (secondary N) is 1. The van der Waals surface area contributed by atoms with Gasteiger partial charge in [0.15, 0.2) is 0 Å². The zero-order valence-corrected chi connectivity index (χ0v) is 19.7. The first-order chi connectivity index (χ1) is 14.7. The number of oxime groups is 1. The van der Waals surface area contributed by atoms with E-state index in [0.717, 1.165) is 24.1 Å². The van der Waals surface area contributed by atoms with Crippen LogP contribution < -0.4 is 20.9 Å². The molecule has 0 saturated carbocycles. The molecule has 0 radical (unpaired) electrons. The van der Waals surface area contributed by atoms with Gasteiger partial charge in [0.05, 0.1) is 21.7 Å². The Morgan fingerprint density at radius 3 is 2.35 bits per heavy atom. The Balaban J connectivity index is 0.000000311. The maximum absolute atomic E-state index is 10.2. The van der Waals surface area contributed by atoms with Crippen molar-refractivity contribution in [2.45, 2.75) is 18.2 Å². The minimum atomic E-state index is -0.946. The largest absolute Gasteiger partial charge is 0.493 e. The van der Waals surface area contributed by atoms with E-state index in [0.29, 0.717) is 33.2 Å². The van der Waals surface area contributed by atoms with Crippen molar-refractivity contribution in [3.8, 4) is 5.75 Å². The molecule has 0 saturated heterocycles. The van der Waals surface area contributed by atoms with Crippen molar-refractivity contribution in [3.05, 3.63) is 57.0 Å². The average Bonchev–Trinajstić information content (AvgIpc) is 2.70. The molecule has 0 spiro atoms. The standard InChI is InChI=1S/C11H17N3O2.C8H6Cl3NO2S/c1-9-3-5-10(6-4-9)15-7-2-8-16-14-11(12)13;9-4-1-6(11)7(2-5(4)10)15-12-3-8(13)14/h3-6H,2,7-8H2,1H3,(H4,12,13,14);1-2,12H,3H2,(H,13,14). The number of rotatable bonds is 10. The van der Waals surface area contributed by atoms with Gasteiger partial charge >= 0.3 is 5.97 Å². The van der Waals surface area contributed by atoms with Gasteiger partial charge in [-0.3, -0.25) is 4.79 Å². The fourth-order valence-corrected chi connectivity index (χ4v) is 3.24. The predicted molar refractivity (Wildman–Crippen MR) is 126 cm³/mol. The molecule has 0 bridgehead atoms. The fraction of sp³-hybridized carbons (Fsp3) is 0.263. The third kappa shape index (κ3) is 12.4. The summed E-state index contributed by atoms with van der Waals surface area (Å²) in [7, 11) is 0. The van der Waals surface area contributed by atoms with Gasteiger partial charge in [0.25, 0.3) is 0 Å². The highest BCUT2D eigenvalue weighted by Gasteiger charge is 2.07. The van der Waals surface area contributed by atoms with Crippen LogP contribution in [0.3, 0.4) is 0 Å². The molecule has 2 aromatic carbocycles. The molecule has 170 valence electrons. The molecule has 0 atom stereocenters. The van der Waals surface area contributed by atoms with Crippen LogP contribution in [-0.2, 0) is 9.63 Å². The Bertz CT molecular complexity index is 866. The van der Waals surface area contributed by atoms with Crippen molar-refractivity contribution < 1.29 is 19.5 Å². The minimum Gasteiger partial charge on any atom is -0.493 e. The van der Waals surface area contributed by atoms with Gasteiger partial charge in [0, 0.05) is 11.3 Å². The Morgan fingerprint density at radius 2 is 1.74 bits per heavy atom. The zero-order chi connectivity index (χ0) is 23.2. The van der Waals surface area contributed by atoms with Crippen LogP contribution in [0, 0.1) is 6.92 Å². The molecule has 2 aromatic rings. The normalized spacial score (nSPS) is 9.94. The topological polar surface area (TPSA) is 132 Å². The van der Waals surface area contributed by atoms with Crippen molar-refractivity contribution in [2.75, 3.05) is 19.8 Å². The first-order valence-corrected chi connectivity index (χ1v) is 10.8. The van der Waals surface area contributed by atoms with Gasteiger partial charge in [-0.1, -0.05) is 52.5 Å². The molecule has 0 amide bonds. The lowest BCUT2D eigenvalue weighted by molar-refractivity contribution is -0.135. The number of carboxylic acid groups (broad SMARTS) is 1. The summed E-state index contributed by atoms with van der Waals surface area (Å²) in [4.78, 5) is 15.7. The van der Waals surface area contributed by atoms with E-state index < -0.39 is 5.97 Å². The van der Waals surface area contributed by atoms with E-state index in [1.54, 1.807) is 6.07 Å². The molecule has 0 heterocycles. The second kappa shape index (κ2) is 14.9. The second-order valence-electron chi connectivity index (χ2n) is 5.88. The molecule has 0 fully saturated rings. The lowest BCUT2D eigenvalue weighted by Gasteiger charge is -2.05. The van der Waals surface area contributed by atoms with E-state index in [2.05, 4.69) is 9.88 Å². The quantitative estimate of drug-likeness (QED) is 0.0931. The van der Waals surface area contributed by atoms with Crippen LogP contribution in [0.5, 0.6) is 5.75 Å². The number of aryl methyl sites for hydroxylation is 1. The summed E-state index contributed by atoms with van der Waals surface area (Å²) in [5.41, 5.74) is 11.4. The van der Waals surface area contributed by atoms with E-state index in [9.17, 15) is 4.79 Å². The summed E-state index contributed by atoms with van der Waals surface area (Å²) in [5, 5.41) is 13.0. The summed E-state index contributed by atoms with van der Waals surface area (Å²) >= 11 is 18.5. The van der Waals surface area contributed by atoms with E-state index in [-0.39, 0.29) is 12.5 Å². The van der Waals surface area contributed by atoms with Crippen molar-refractivity contribution >= 4 is 58.7 Å². The van der Waals surface area contributed by atoms with Gasteiger partial charge in [-0.2, -0.15) is 0 Å². The Morgan fingerprint density at radius 1 is 1.10 bits per heavy atom. The van der Waals surface area contributed by atoms with E-state index in [4.69, 9.17) is 61.0 Å². The number of hydrogen-bond acceptors (Lipinski definition) is 6. The number of carboxylic acids is 1. The molecule has 6 N–H and O–H groups in total. The van der Waals surface area contributed by atoms with E-state index in [1.807, 2.05) is 31.2 Å². The van der Waals surface area contributed by atoms with Crippen LogP contribution in [0.25, 0.3) is 0 Å². The molecule has 0 unspecified atom stereocenters. The maximum Gasteiger partial charge on any atom is 0.318 e. The number of ether oxygens (including phenoxy) is 1. The number of guanidine groups is 1. The number of carbonyl (C=O) groups is 1. The summed E-state index contributed by atoms with van der Waals surface area (Å²) < 4.78 is 8.10. The number of benzene rings is 2. The minimum absolute atomic E-state index is 0.0700. The van der Waals surface area contributed by atoms with Crippen LogP contribution in [-0.4, -0.2) is 36.8 Å². The van der Waals surface area contributed by atoms with Gasteiger partial charge < -0.3 is 26.1 Å². The van der Waals surface area contributed by atoms with Crippen LogP contribution >= 0.6 is 46.8 Å². The molecule has 0 aliphatic heterocycles. The van der Waals surface area contributed by atoms with Gasteiger partial charge in [-0.25, -0.2) is 4.72 Å². The Labute approximate surface area is 199 Å². The predicted octanol–water partition coefficient (Wildman–Crippen LogP) is 4.30. The molecular formula is C19H23Cl3N4O4S. The first kappa shape index (κ1) is 27.0. The number of nitrogens with zero attached hydrogens (tertiary/aromatic N) is 1. The van der Waals surface area contributed by atoms with Gasteiger partial charge in [0.1, 0.15) is 18.9 Å². The van der Waals surface area contributed by atoms with Gasteiger partial charge in [0.2, 0.25) is 5.96 Å². The molecule has 2 rings (SSSR count). The number of halogens is 3. The van der Waals surface area contributed by atoms with Gasteiger partial charge in [-0.15, -0.1) is 0 Å². The Hall–Kier alpha value is -2.04. The Kier molecular flexibility index (Phi) is 13.0. The van der Waals surface area contributed by atoms with E-state index in [1.165, 1.54) is 11.6 Å². The highest BCUT2D eigenvalue weighted by atomic mass is 35.5. The second-order valence-corrected chi connectivity index (χ2v) is 8.03. The van der Waals surface area contributed by atoms with Crippen molar-refractivity contribution in [3.63, 3.8) is 0 Å². The first-order valence-electron chi connectivity index (χ1n) is 8.85. The number of nitrogens with two attached hydrogens (primary N) is 2. The summed E-state index contributed by atoms with van der Waals surface area (Å²) in [5.74, 6) is -0.162. The SMILES string of the molecule is Cc1ccc(OCCCON=C(N)N)cc1.O=C(O)CNSc1cc(Cl)c(Cl)cc1Cl. The summed E-state index contributed by atoms with van der Waals surface area (Å²) in [6.07, 6.45) is 0.727. The molecule has 8 nitrogen and oxygen atoms in total. The van der Waals surface area contributed by atoms with E-state index >= 15 is 0 Å². The summed E-state index contributed by atoms with van der Waals surface area (Å²) in [6.45, 7) is 2.88. The maximum atomic E-state index is 10.2. The van der Waals surface area contributed by atoms with Crippen LogP contribution in [0.2, 0.25) is 15.1 Å². The van der Waals surface area contributed by atoms with Crippen LogP contribution in [0.15, 0.2) is 46.4 Å². The van der Waals surface area contributed by atoms with Crippen molar-refractivity contribution in [2.24, 2.45) is 16.6 Å². The molecule has 12 heteroatoms. The molecule has 0 aliphatic carbocycles. The molecular weight excluding hydrogens is 487 g/mol. The molecule has 0 aromatic heterocycles. The average molecular weight is 510 g/mol. The van der Waals surface area contributed by atoms with Crippen LogP contribution in [0.1, 0.15) is 12.0 Å². The smallest absolute Gasteiger partial charge is 0.318 e. The lowest BCUT2D eigenvalue weighted by Crippen LogP contribution is -2.23. The molecule has 0 aliphatic rings. The highest BCUT2D eigenvalue weighted by Crippen LogP contribution is 2.33. The fourth-order valence-electron chi connectivity index (χ4n) is 1.83. The van der Waals surface area contributed by atoms with Crippen LogP contribution in [0.4, 0.5) is 0 Å². The molecule has 31 heavy (non-hydrogen) atoms. The number of aliphatic carboxylic acids is 1. The third-order valence-corrected chi connectivity index (χ3v) is 5.21. The summed E-state index contributed by atoms with van der Waals surface area (Å²) in [6, 6.07) is 11.0. The highest BCUT2D eigenvalue weighted by molar-refractivity contribution is 7.97. The lowest BCUT2D eigenvalue weighted by atomic mass is 10.2. The third-order valence-electron chi connectivity index (χ3n) is 3.22. The van der Waals surface area contributed by atoms with Crippen molar-refractivity contribution in [1.29, 1.82) is 0 Å². The van der Waals surface area contributed by atoms with Gasteiger partial charge in [-0.05, 0) is 48.3 Å². The van der Waals surface area contributed by atoms with Crippen molar-refractivity contribution in [1.82, 2.24) is 4.72 Å².